The monoisotopic (exact) mass is 346 g/mol. The number of hydrogen-bond donors (Lipinski definition) is 0. The van der Waals surface area contributed by atoms with Crippen molar-refractivity contribution in [3.63, 3.8) is 0 Å². The molecule has 0 unspecified atom stereocenters. The minimum absolute atomic E-state index is 0.692. The van der Waals surface area contributed by atoms with Gasteiger partial charge in [0.25, 0.3) is 0 Å². The molecular formula is C16H15ClN4OS. The SMILES string of the molecule is COc1ccc(Cl)cc1CSc1nnc(-c2ccncc2)n1C. The van der Waals surface area contributed by atoms with Crippen molar-refractivity contribution < 1.29 is 4.74 Å². The Balaban J connectivity index is 1.80. The second-order valence-electron chi connectivity index (χ2n) is 4.85. The largest absolute Gasteiger partial charge is 0.496 e. The summed E-state index contributed by atoms with van der Waals surface area (Å²) >= 11 is 7.66. The Bertz CT molecular complexity index is 807. The first kappa shape index (κ1) is 15.8. The van der Waals surface area contributed by atoms with Crippen molar-refractivity contribution in [3.8, 4) is 17.1 Å². The van der Waals surface area contributed by atoms with Crippen LogP contribution in [0.15, 0.2) is 47.9 Å². The molecule has 0 N–H and O–H groups in total. The number of thioether (sulfide) groups is 1. The number of halogens is 1. The molecule has 1 aromatic carbocycles. The molecule has 0 atom stereocenters. The van der Waals surface area contributed by atoms with E-state index in [1.807, 2.05) is 41.9 Å². The molecule has 0 aliphatic carbocycles. The van der Waals surface area contributed by atoms with E-state index in [1.54, 1.807) is 31.3 Å². The normalized spacial score (nSPS) is 10.7. The smallest absolute Gasteiger partial charge is 0.191 e. The maximum absolute atomic E-state index is 6.07. The number of aromatic nitrogens is 4. The van der Waals surface area contributed by atoms with E-state index in [9.17, 15) is 0 Å². The van der Waals surface area contributed by atoms with Crippen molar-refractivity contribution >= 4 is 23.4 Å². The van der Waals surface area contributed by atoms with Crippen molar-refractivity contribution in [1.82, 2.24) is 19.7 Å². The molecule has 0 aliphatic heterocycles. The van der Waals surface area contributed by atoms with Crippen LogP contribution in [0.4, 0.5) is 0 Å². The first-order chi connectivity index (χ1) is 11.2. The summed E-state index contributed by atoms with van der Waals surface area (Å²) in [6, 6.07) is 9.43. The average Bonchev–Trinajstić information content (AvgIpc) is 2.94. The second kappa shape index (κ2) is 7.02. The van der Waals surface area contributed by atoms with Gasteiger partial charge in [-0.2, -0.15) is 0 Å². The molecule has 0 saturated heterocycles. The van der Waals surface area contributed by atoms with Crippen LogP contribution in [0.2, 0.25) is 5.02 Å². The lowest BCUT2D eigenvalue weighted by molar-refractivity contribution is 0.411. The zero-order chi connectivity index (χ0) is 16.2. The van der Waals surface area contributed by atoms with E-state index in [0.717, 1.165) is 27.9 Å². The molecule has 0 radical (unpaired) electrons. The number of rotatable bonds is 5. The lowest BCUT2D eigenvalue weighted by Crippen LogP contribution is -1.96. The van der Waals surface area contributed by atoms with Crippen LogP contribution in [-0.4, -0.2) is 26.9 Å². The lowest BCUT2D eigenvalue weighted by atomic mass is 10.2. The van der Waals surface area contributed by atoms with E-state index in [1.165, 1.54) is 0 Å². The number of hydrogen-bond acceptors (Lipinski definition) is 5. The molecular weight excluding hydrogens is 332 g/mol. The minimum Gasteiger partial charge on any atom is -0.496 e. The number of nitrogens with zero attached hydrogens (tertiary/aromatic N) is 4. The Labute approximate surface area is 143 Å². The van der Waals surface area contributed by atoms with Gasteiger partial charge in [0.2, 0.25) is 0 Å². The summed E-state index contributed by atoms with van der Waals surface area (Å²) in [6.45, 7) is 0. The fraction of sp³-hybridized carbons (Fsp3) is 0.188. The van der Waals surface area contributed by atoms with Crippen LogP contribution >= 0.6 is 23.4 Å². The zero-order valence-electron chi connectivity index (χ0n) is 12.7. The molecule has 23 heavy (non-hydrogen) atoms. The molecule has 3 aromatic rings. The van der Waals surface area contributed by atoms with E-state index >= 15 is 0 Å². The Hall–Kier alpha value is -2.05. The van der Waals surface area contributed by atoms with Gasteiger partial charge >= 0.3 is 0 Å². The molecule has 3 rings (SSSR count). The third-order valence-electron chi connectivity index (χ3n) is 3.37. The zero-order valence-corrected chi connectivity index (χ0v) is 14.3. The standard InChI is InChI=1S/C16H15ClN4OS/c1-21-15(11-5-7-18-8-6-11)19-20-16(21)23-10-12-9-13(17)3-4-14(12)22-2/h3-9H,10H2,1-2H3. The molecule has 0 amide bonds. The maximum Gasteiger partial charge on any atom is 0.191 e. The quantitative estimate of drug-likeness (QED) is 0.657. The predicted octanol–water partition coefficient (Wildman–Crippen LogP) is 3.83. The van der Waals surface area contributed by atoms with Gasteiger partial charge in [0.15, 0.2) is 11.0 Å². The van der Waals surface area contributed by atoms with Gasteiger partial charge in [-0.3, -0.25) is 4.98 Å². The van der Waals surface area contributed by atoms with E-state index in [4.69, 9.17) is 16.3 Å². The van der Waals surface area contributed by atoms with Gasteiger partial charge in [0.05, 0.1) is 7.11 Å². The fourth-order valence-electron chi connectivity index (χ4n) is 2.20. The lowest BCUT2D eigenvalue weighted by Gasteiger charge is -2.08. The highest BCUT2D eigenvalue weighted by Gasteiger charge is 2.12. The summed E-state index contributed by atoms with van der Waals surface area (Å²) in [6.07, 6.45) is 3.49. The van der Waals surface area contributed by atoms with Crippen LogP contribution in [0, 0.1) is 0 Å². The van der Waals surface area contributed by atoms with Crippen LogP contribution in [0.5, 0.6) is 5.75 Å². The third-order valence-corrected chi connectivity index (χ3v) is 4.68. The molecule has 0 aliphatic rings. The number of benzene rings is 1. The summed E-state index contributed by atoms with van der Waals surface area (Å²) in [5.41, 5.74) is 2.01. The highest BCUT2D eigenvalue weighted by Crippen LogP contribution is 2.30. The number of methoxy groups -OCH3 is 1. The maximum atomic E-state index is 6.07. The summed E-state index contributed by atoms with van der Waals surface area (Å²) in [7, 11) is 3.61. The van der Waals surface area contributed by atoms with Crippen LogP contribution in [0.3, 0.4) is 0 Å². The van der Waals surface area contributed by atoms with Crippen LogP contribution in [0.1, 0.15) is 5.56 Å². The average molecular weight is 347 g/mol. The van der Waals surface area contributed by atoms with E-state index in [2.05, 4.69) is 15.2 Å². The molecule has 5 nitrogen and oxygen atoms in total. The van der Waals surface area contributed by atoms with Crippen molar-refractivity contribution in [2.75, 3.05) is 7.11 Å². The molecule has 118 valence electrons. The molecule has 2 aromatic heterocycles. The Morgan fingerprint density at radius 3 is 2.70 bits per heavy atom. The van der Waals surface area contributed by atoms with Crippen molar-refractivity contribution in [2.45, 2.75) is 10.9 Å². The Kier molecular flexibility index (Phi) is 4.83. The Morgan fingerprint density at radius 1 is 1.17 bits per heavy atom. The van der Waals surface area contributed by atoms with E-state index in [0.29, 0.717) is 10.8 Å². The second-order valence-corrected chi connectivity index (χ2v) is 6.22. The van der Waals surface area contributed by atoms with E-state index < -0.39 is 0 Å². The highest BCUT2D eigenvalue weighted by molar-refractivity contribution is 7.98. The van der Waals surface area contributed by atoms with E-state index in [-0.39, 0.29) is 0 Å². The predicted molar refractivity (Wildman–Crippen MR) is 91.8 cm³/mol. The molecule has 0 bridgehead atoms. The first-order valence-corrected chi connectivity index (χ1v) is 8.30. The molecule has 7 heteroatoms. The van der Waals surface area contributed by atoms with Gasteiger partial charge in [-0.05, 0) is 30.3 Å². The van der Waals surface area contributed by atoms with Gasteiger partial charge in [-0.25, -0.2) is 0 Å². The third kappa shape index (κ3) is 3.48. The van der Waals surface area contributed by atoms with Crippen molar-refractivity contribution in [1.29, 1.82) is 0 Å². The molecule has 0 saturated carbocycles. The van der Waals surface area contributed by atoms with Gasteiger partial charge in [-0.15, -0.1) is 10.2 Å². The van der Waals surface area contributed by atoms with Gasteiger partial charge in [0.1, 0.15) is 5.75 Å². The van der Waals surface area contributed by atoms with Crippen LogP contribution in [0.25, 0.3) is 11.4 Å². The van der Waals surface area contributed by atoms with Crippen molar-refractivity contribution in [3.05, 3.63) is 53.3 Å². The number of ether oxygens (including phenoxy) is 1. The van der Waals surface area contributed by atoms with Gasteiger partial charge in [-0.1, -0.05) is 23.4 Å². The van der Waals surface area contributed by atoms with Gasteiger partial charge < -0.3 is 9.30 Å². The minimum atomic E-state index is 0.692. The summed E-state index contributed by atoms with van der Waals surface area (Å²) in [4.78, 5) is 4.02. The summed E-state index contributed by atoms with van der Waals surface area (Å²) in [5, 5.41) is 10.1. The van der Waals surface area contributed by atoms with Gasteiger partial charge in [0, 0.05) is 41.3 Å². The van der Waals surface area contributed by atoms with Crippen LogP contribution < -0.4 is 4.74 Å². The first-order valence-electron chi connectivity index (χ1n) is 6.94. The highest BCUT2D eigenvalue weighted by atomic mass is 35.5. The molecule has 0 spiro atoms. The summed E-state index contributed by atoms with van der Waals surface area (Å²) in [5.74, 6) is 2.33. The Morgan fingerprint density at radius 2 is 1.96 bits per heavy atom. The molecule has 2 heterocycles. The molecule has 0 fully saturated rings. The summed E-state index contributed by atoms with van der Waals surface area (Å²) < 4.78 is 7.34. The topological polar surface area (TPSA) is 52.8 Å². The van der Waals surface area contributed by atoms with Crippen LogP contribution in [-0.2, 0) is 12.8 Å². The fourth-order valence-corrected chi connectivity index (χ4v) is 3.28. The number of pyridine rings is 1. The van der Waals surface area contributed by atoms with Crippen molar-refractivity contribution in [2.24, 2.45) is 7.05 Å².